The number of benzene rings is 1. The summed E-state index contributed by atoms with van der Waals surface area (Å²) < 4.78 is 63.6. The van der Waals surface area contributed by atoms with Gasteiger partial charge < -0.3 is 15.2 Å². The molecule has 4 rings (SSSR count). The van der Waals surface area contributed by atoms with Crippen LogP contribution in [0.4, 0.5) is 8.78 Å². The minimum Gasteiger partial charge on any atom is -0.383 e. The molecule has 2 aliphatic heterocycles. The maximum absolute atomic E-state index is 14.2. The molecule has 8 nitrogen and oxygen atoms in total. The number of hydrogen-bond acceptors (Lipinski definition) is 7. The Hall–Kier alpha value is -1.92. The highest BCUT2D eigenvalue weighted by molar-refractivity contribution is 7.89. The van der Waals surface area contributed by atoms with Crippen LogP contribution in [0.5, 0.6) is 0 Å². The van der Waals surface area contributed by atoms with Crippen LogP contribution in [0, 0.1) is 11.6 Å². The van der Waals surface area contributed by atoms with Crippen molar-refractivity contribution in [1.82, 2.24) is 14.1 Å². The summed E-state index contributed by atoms with van der Waals surface area (Å²) in [7, 11) is -1.91. The molecule has 4 atom stereocenters. The lowest BCUT2D eigenvalue weighted by molar-refractivity contribution is -0.0672. The minimum absolute atomic E-state index is 0.103. The van der Waals surface area contributed by atoms with E-state index < -0.39 is 33.8 Å². The third kappa shape index (κ3) is 3.87. The first-order valence-electron chi connectivity index (χ1n) is 9.55. The Balaban J connectivity index is 1.53. The number of hydrogen-bond donors (Lipinski definition) is 1. The number of methoxy groups -OCH3 is 1. The second-order valence-corrected chi connectivity index (χ2v) is 9.62. The van der Waals surface area contributed by atoms with Crippen LogP contribution in [0.1, 0.15) is 35.4 Å². The Morgan fingerprint density at radius 1 is 1.33 bits per heavy atom. The van der Waals surface area contributed by atoms with E-state index >= 15 is 0 Å². The minimum atomic E-state index is -3.48. The monoisotopic (exact) mass is 442 g/mol. The first kappa shape index (κ1) is 21.3. The fourth-order valence-electron chi connectivity index (χ4n) is 4.29. The normalized spacial score (nSPS) is 27.4. The SMILES string of the molecule is COC[C@@H]1c2cn(S(C)(=O)=O)nc2CN1[C@H]1CO[C@H](c2cc(F)ccc2F)[C@@H](N)C1. The van der Waals surface area contributed by atoms with E-state index in [1.165, 1.54) is 6.20 Å². The molecule has 0 spiro atoms. The smallest absolute Gasteiger partial charge is 0.250 e. The zero-order chi connectivity index (χ0) is 21.6. The molecule has 3 heterocycles. The lowest BCUT2D eigenvalue weighted by atomic mass is 9.93. The van der Waals surface area contributed by atoms with Gasteiger partial charge in [0, 0.05) is 43.1 Å². The van der Waals surface area contributed by atoms with E-state index in [1.54, 1.807) is 7.11 Å². The maximum Gasteiger partial charge on any atom is 0.250 e. The van der Waals surface area contributed by atoms with E-state index in [0.29, 0.717) is 25.3 Å². The molecule has 164 valence electrons. The van der Waals surface area contributed by atoms with Gasteiger partial charge >= 0.3 is 0 Å². The summed E-state index contributed by atoms with van der Waals surface area (Å²) in [4.78, 5) is 2.12. The Morgan fingerprint density at radius 2 is 2.10 bits per heavy atom. The van der Waals surface area contributed by atoms with Gasteiger partial charge in [-0.2, -0.15) is 9.19 Å². The molecule has 1 fully saturated rings. The highest BCUT2D eigenvalue weighted by Gasteiger charge is 2.42. The van der Waals surface area contributed by atoms with Crippen molar-refractivity contribution in [2.24, 2.45) is 5.73 Å². The standard InChI is InChI=1S/C19H24F2N4O4S/c1-28-10-18-14-7-25(30(2,26)27)23-17(14)8-24(18)12-6-16(22)19(29-9-12)13-5-11(20)3-4-15(13)21/h3-5,7,12,16,18-19H,6,8-10,22H2,1-2H3/t12-,16+,18-,19-/m1/s1. The topological polar surface area (TPSA) is 99.7 Å². The summed E-state index contributed by atoms with van der Waals surface area (Å²) in [5, 5.41) is 4.21. The lowest BCUT2D eigenvalue weighted by Gasteiger charge is -2.40. The highest BCUT2D eigenvalue weighted by Crippen LogP contribution is 2.39. The Labute approximate surface area is 173 Å². The van der Waals surface area contributed by atoms with Crippen LogP contribution in [0.2, 0.25) is 0 Å². The van der Waals surface area contributed by atoms with Crippen molar-refractivity contribution in [3.05, 3.63) is 52.9 Å². The molecule has 0 radical (unpaired) electrons. The number of fused-ring (bicyclic) bond motifs is 1. The van der Waals surface area contributed by atoms with Gasteiger partial charge in [0.1, 0.15) is 17.7 Å². The molecule has 1 saturated heterocycles. The third-order valence-electron chi connectivity index (χ3n) is 5.69. The predicted molar refractivity (Wildman–Crippen MR) is 104 cm³/mol. The van der Waals surface area contributed by atoms with Crippen LogP contribution < -0.4 is 5.73 Å². The summed E-state index contributed by atoms with van der Waals surface area (Å²) in [6, 6.07) is 2.40. The summed E-state index contributed by atoms with van der Waals surface area (Å²) in [5.41, 5.74) is 7.86. The fourth-order valence-corrected chi connectivity index (χ4v) is 4.84. The average Bonchev–Trinajstić information content (AvgIpc) is 3.23. The van der Waals surface area contributed by atoms with Crippen LogP contribution in [0.15, 0.2) is 24.4 Å². The molecule has 0 aliphatic carbocycles. The van der Waals surface area contributed by atoms with Gasteiger partial charge in [0.25, 0.3) is 10.0 Å². The molecule has 2 N–H and O–H groups in total. The summed E-state index contributed by atoms with van der Waals surface area (Å²) in [6.07, 6.45) is 2.37. The van der Waals surface area contributed by atoms with Gasteiger partial charge in [-0.25, -0.2) is 17.2 Å². The van der Waals surface area contributed by atoms with Gasteiger partial charge in [-0.1, -0.05) is 0 Å². The Kier molecular flexibility index (Phi) is 5.66. The molecular weight excluding hydrogens is 418 g/mol. The first-order chi connectivity index (χ1) is 14.2. The molecule has 1 aromatic heterocycles. The molecule has 11 heteroatoms. The van der Waals surface area contributed by atoms with Gasteiger partial charge in [-0.05, 0) is 24.6 Å². The van der Waals surface area contributed by atoms with E-state index in [9.17, 15) is 17.2 Å². The van der Waals surface area contributed by atoms with Crippen LogP contribution in [0.25, 0.3) is 0 Å². The van der Waals surface area contributed by atoms with Crippen LogP contribution in [-0.2, 0) is 26.0 Å². The van der Waals surface area contributed by atoms with Crippen molar-refractivity contribution in [3.63, 3.8) is 0 Å². The maximum atomic E-state index is 14.2. The summed E-state index contributed by atoms with van der Waals surface area (Å²) in [5.74, 6) is -1.10. The van der Waals surface area contributed by atoms with Crippen molar-refractivity contribution >= 4 is 10.0 Å². The molecule has 0 bridgehead atoms. The van der Waals surface area contributed by atoms with E-state index in [-0.39, 0.29) is 24.3 Å². The van der Waals surface area contributed by atoms with E-state index in [0.717, 1.165) is 34.1 Å². The fraction of sp³-hybridized carbons (Fsp3) is 0.526. The predicted octanol–water partition coefficient (Wildman–Crippen LogP) is 1.33. The van der Waals surface area contributed by atoms with Crippen LogP contribution in [0.3, 0.4) is 0 Å². The van der Waals surface area contributed by atoms with Crippen molar-refractivity contribution in [3.8, 4) is 0 Å². The Bertz CT molecular complexity index is 1050. The molecule has 1 aromatic carbocycles. The number of halogens is 2. The van der Waals surface area contributed by atoms with E-state index in [1.807, 2.05) is 0 Å². The number of rotatable bonds is 5. The number of aromatic nitrogens is 2. The van der Waals surface area contributed by atoms with Gasteiger partial charge in [0.05, 0.1) is 31.2 Å². The first-order valence-corrected chi connectivity index (χ1v) is 11.4. The van der Waals surface area contributed by atoms with E-state index in [2.05, 4.69) is 10.00 Å². The van der Waals surface area contributed by atoms with Crippen molar-refractivity contribution in [2.45, 2.75) is 37.2 Å². The second-order valence-electron chi connectivity index (χ2n) is 7.78. The zero-order valence-electron chi connectivity index (χ0n) is 16.7. The van der Waals surface area contributed by atoms with Gasteiger partial charge in [0.2, 0.25) is 0 Å². The molecule has 0 unspecified atom stereocenters. The van der Waals surface area contributed by atoms with E-state index in [4.69, 9.17) is 15.2 Å². The largest absolute Gasteiger partial charge is 0.383 e. The van der Waals surface area contributed by atoms with Gasteiger partial charge in [-0.15, -0.1) is 0 Å². The molecular formula is C19H24F2N4O4S. The number of ether oxygens (including phenoxy) is 2. The molecule has 2 aromatic rings. The lowest BCUT2D eigenvalue weighted by Crippen LogP contribution is -2.49. The van der Waals surface area contributed by atoms with Gasteiger partial charge in [0.15, 0.2) is 0 Å². The molecule has 0 saturated carbocycles. The molecule has 0 amide bonds. The Morgan fingerprint density at radius 3 is 2.77 bits per heavy atom. The molecule has 30 heavy (non-hydrogen) atoms. The summed E-state index contributed by atoms with van der Waals surface area (Å²) >= 11 is 0. The van der Waals surface area contributed by atoms with Crippen molar-refractivity contribution < 1.29 is 26.7 Å². The highest BCUT2D eigenvalue weighted by atomic mass is 32.2. The third-order valence-corrected chi connectivity index (χ3v) is 6.56. The number of nitrogens with zero attached hydrogens (tertiary/aromatic N) is 3. The van der Waals surface area contributed by atoms with Crippen LogP contribution >= 0.6 is 0 Å². The zero-order valence-corrected chi connectivity index (χ0v) is 17.5. The van der Waals surface area contributed by atoms with Crippen LogP contribution in [-0.4, -0.2) is 61.2 Å². The van der Waals surface area contributed by atoms with Gasteiger partial charge in [-0.3, -0.25) is 4.90 Å². The number of nitrogens with two attached hydrogens (primary N) is 1. The van der Waals surface area contributed by atoms with Crippen molar-refractivity contribution in [1.29, 1.82) is 0 Å². The molecule has 2 aliphatic rings. The average molecular weight is 442 g/mol. The summed E-state index contributed by atoms with van der Waals surface area (Å²) in [6.45, 7) is 1.03. The second kappa shape index (κ2) is 7.97. The van der Waals surface area contributed by atoms with Crippen molar-refractivity contribution in [2.75, 3.05) is 26.6 Å². The quantitative estimate of drug-likeness (QED) is 0.746.